The molecule has 2 heterocycles. The highest BCUT2D eigenvalue weighted by molar-refractivity contribution is 6.11. The minimum atomic E-state index is 0.0147. The fourth-order valence-electron chi connectivity index (χ4n) is 3.71. The van der Waals surface area contributed by atoms with Crippen molar-refractivity contribution in [1.29, 1.82) is 0 Å². The maximum atomic E-state index is 13.5. The van der Waals surface area contributed by atoms with Crippen molar-refractivity contribution in [3.05, 3.63) is 71.4 Å². The summed E-state index contributed by atoms with van der Waals surface area (Å²) in [7, 11) is 0. The number of morpholine rings is 1. The number of amides is 1. The highest BCUT2D eigenvalue weighted by Crippen LogP contribution is 2.33. The Morgan fingerprint density at radius 1 is 0.889 bits per heavy atom. The smallest absolute Gasteiger partial charge is 0.274 e. The maximum absolute atomic E-state index is 13.5. The summed E-state index contributed by atoms with van der Waals surface area (Å²) < 4.78 is 5.48. The number of aldehydes is 1. The Bertz CT molecular complexity index is 853. The van der Waals surface area contributed by atoms with Crippen molar-refractivity contribution in [2.24, 2.45) is 0 Å². The van der Waals surface area contributed by atoms with Crippen LogP contribution in [0.25, 0.3) is 5.57 Å². The topological polar surface area (TPSA) is 49.9 Å². The average molecular weight is 362 g/mol. The molecule has 2 aromatic carbocycles. The molecular formula is C22H22N2O3. The fraction of sp³-hybridized carbons (Fsp3) is 0.273. The zero-order valence-corrected chi connectivity index (χ0v) is 15.1. The van der Waals surface area contributed by atoms with E-state index in [0.717, 1.165) is 48.3 Å². The summed E-state index contributed by atoms with van der Waals surface area (Å²) >= 11 is 0. The number of hydrogen-bond donors (Lipinski definition) is 0. The highest BCUT2D eigenvalue weighted by atomic mass is 16.5. The molecule has 0 N–H and O–H groups in total. The standard InChI is InChI=1S/C22H22N2O3/c25-16-17-6-8-19(9-7-17)24-11-10-20(18-4-2-1-3-5-18)21(22(24)26)23-12-14-27-15-13-23/h1-9,16H,10-15H2. The maximum Gasteiger partial charge on any atom is 0.274 e. The minimum absolute atomic E-state index is 0.0147. The van der Waals surface area contributed by atoms with Crippen LogP contribution >= 0.6 is 0 Å². The van der Waals surface area contributed by atoms with Gasteiger partial charge in [-0.15, -0.1) is 0 Å². The van der Waals surface area contributed by atoms with Gasteiger partial charge in [0.05, 0.1) is 13.2 Å². The lowest BCUT2D eigenvalue weighted by Crippen LogP contribution is -2.46. The number of anilines is 1. The molecule has 27 heavy (non-hydrogen) atoms. The Labute approximate surface area is 158 Å². The second-order valence-corrected chi connectivity index (χ2v) is 6.71. The van der Waals surface area contributed by atoms with E-state index in [2.05, 4.69) is 17.0 Å². The number of carbonyl (C=O) groups excluding carboxylic acids is 2. The molecular weight excluding hydrogens is 340 g/mol. The number of hydrogen-bond acceptors (Lipinski definition) is 4. The Morgan fingerprint density at radius 2 is 1.59 bits per heavy atom. The van der Waals surface area contributed by atoms with Gasteiger partial charge in [-0.2, -0.15) is 0 Å². The number of rotatable bonds is 4. The second-order valence-electron chi connectivity index (χ2n) is 6.71. The van der Waals surface area contributed by atoms with Crippen molar-refractivity contribution in [3.63, 3.8) is 0 Å². The first kappa shape index (κ1) is 17.5. The van der Waals surface area contributed by atoms with Crippen LogP contribution in [-0.4, -0.2) is 49.9 Å². The van der Waals surface area contributed by atoms with E-state index >= 15 is 0 Å². The van der Waals surface area contributed by atoms with Crippen molar-refractivity contribution < 1.29 is 14.3 Å². The predicted octanol–water partition coefficient (Wildman–Crippen LogP) is 2.98. The molecule has 0 unspecified atom stereocenters. The molecule has 1 fully saturated rings. The van der Waals surface area contributed by atoms with Gasteiger partial charge in [0.15, 0.2) is 0 Å². The average Bonchev–Trinajstić information content (AvgIpc) is 2.75. The SMILES string of the molecule is O=Cc1ccc(N2CCC(c3ccccc3)=C(N3CCOCC3)C2=O)cc1. The first-order valence-corrected chi connectivity index (χ1v) is 9.26. The highest BCUT2D eigenvalue weighted by Gasteiger charge is 2.33. The van der Waals surface area contributed by atoms with Crippen LogP contribution in [0.5, 0.6) is 0 Å². The quantitative estimate of drug-likeness (QED) is 0.785. The minimum Gasteiger partial charge on any atom is -0.378 e. The van der Waals surface area contributed by atoms with Gasteiger partial charge in [0, 0.05) is 30.9 Å². The molecule has 138 valence electrons. The first-order valence-electron chi connectivity index (χ1n) is 9.26. The normalized spacial score (nSPS) is 18.0. The van der Waals surface area contributed by atoms with Crippen molar-refractivity contribution >= 4 is 23.5 Å². The Kier molecular flexibility index (Phi) is 5.03. The van der Waals surface area contributed by atoms with Gasteiger partial charge in [0.1, 0.15) is 12.0 Å². The zero-order valence-electron chi connectivity index (χ0n) is 15.1. The number of ether oxygens (including phenoxy) is 1. The molecule has 4 rings (SSSR count). The van der Waals surface area contributed by atoms with Crippen LogP contribution in [0, 0.1) is 0 Å². The van der Waals surface area contributed by atoms with E-state index in [1.165, 1.54) is 0 Å². The van der Waals surface area contributed by atoms with Gasteiger partial charge in [-0.1, -0.05) is 30.3 Å². The lowest BCUT2D eigenvalue weighted by molar-refractivity contribution is -0.117. The second kappa shape index (κ2) is 7.76. The van der Waals surface area contributed by atoms with Crippen LogP contribution in [0.4, 0.5) is 5.69 Å². The van der Waals surface area contributed by atoms with Crippen LogP contribution < -0.4 is 4.90 Å². The van der Waals surface area contributed by atoms with E-state index in [9.17, 15) is 9.59 Å². The third-order valence-electron chi connectivity index (χ3n) is 5.11. The Morgan fingerprint density at radius 3 is 2.26 bits per heavy atom. The summed E-state index contributed by atoms with van der Waals surface area (Å²) in [6.07, 6.45) is 1.60. The summed E-state index contributed by atoms with van der Waals surface area (Å²) in [5.41, 5.74) is 4.40. The van der Waals surface area contributed by atoms with E-state index < -0.39 is 0 Å². The van der Waals surface area contributed by atoms with Crippen LogP contribution in [0.1, 0.15) is 22.3 Å². The van der Waals surface area contributed by atoms with Crippen molar-refractivity contribution in [2.75, 3.05) is 37.7 Å². The molecule has 0 aliphatic carbocycles. The largest absolute Gasteiger partial charge is 0.378 e. The third-order valence-corrected chi connectivity index (χ3v) is 5.11. The molecule has 2 aliphatic heterocycles. The van der Waals surface area contributed by atoms with Gasteiger partial charge in [-0.3, -0.25) is 9.59 Å². The third kappa shape index (κ3) is 3.51. The van der Waals surface area contributed by atoms with Gasteiger partial charge >= 0.3 is 0 Å². The molecule has 0 bridgehead atoms. The molecule has 0 radical (unpaired) electrons. The van der Waals surface area contributed by atoms with Crippen molar-refractivity contribution in [3.8, 4) is 0 Å². The number of benzene rings is 2. The molecule has 0 aromatic heterocycles. The van der Waals surface area contributed by atoms with E-state index in [0.29, 0.717) is 25.3 Å². The summed E-state index contributed by atoms with van der Waals surface area (Å²) in [6, 6.07) is 17.3. The molecule has 5 nitrogen and oxygen atoms in total. The molecule has 1 saturated heterocycles. The van der Waals surface area contributed by atoms with Crippen molar-refractivity contribution in [2.45, 2.75) is 6.42 Å². The summed E-state index contributed by atoms with van der Waals surface area (Å²) in [6.45, 7) is 3.32. The number of nitrogens with zero attached hydrogens (tertiary/aromatic N) is 2. The molecule has 0 spiro atoms. The summed E-state index contributed by atoms with van der Waals surface area (Å²) in [5, 5.41) is 0. The van der Waals surface area contributed by atoms with Crippen molar-refractivity contribution in [1.82, 2.24) is 4.90 Å². The lowest BCUT2D eigenvalue weighted by atomic mass is 9.95. The van der Waals surface area contributed by atoms with E-state index in [-0.39, 0.29) is 5.91 Å². The first-order chi connectivity index (χ1) is 13.3. The lowest BCUT2D eigenvalue weighted by Gasteiger charge is -2.38. The molecule has 1 amide bonds. The van der Waals surface area contributed by atoms with Crippen LogP contribution in [0.3, 0.4) is 0 Å². The fourth-order valence-corrected chi connectivity index (χ4v) is 3.71. The van der Waals surface area contributed by atoms with Gasteiger partial charge in [0.25, 0.3) is 5.91 Å². The van der Waals surface area contributed by atoms with Gasteiger partial charge < -0.3 is 14.5 Å². The van der Waals surface area contributed by atoms with Gasteiger partial charge in [-0.25, -0.2) is 0 Å². The van der Waals surface area contributed by atoms with E-state index in [1.807, 2.05) is 35.2 Å². The molecule has 0 saturated carbocycles. The zero-order chi connectivity index (χ0) is 18.6. The summed E-state index contributed by atoms with van der Waals surface area (Å²) in [4.78, 5) is 28.4. The summed E-state index contributed by atoms with van der Waals surface area (Å²) in [5.74, 6) is 0.0147. The van der Waals surface area contributed by atoms with Gasteiger partial charge in [0.2, 0.25) is 0 Å². The molecule has 2 aromatic rings. The number of carbonyl (C=O) groups is 2. The van der Waals surface area contributed by atoms with Crippen LogP contribution in [-0.2, 0) is 9.53 Å². The van der Waals surface area contributed by atoms with E-state index in [4.69, 9.17) is 4.74 Å². The molecule has 5 heteroatoms. The molecule has 0 atom stereocenters. The van der Waals surface area contributed by atoms with Gasteiger partial charge in [-0.05, 0) is 41.8 Å². The van der Waals surface area contributed by atoms with E-state index in [1.54, 1.807) is 12.1 Å². The Balaban J connectivity index is 1.73. The Hall–Kier alpha value is -2.92. The van der Waals surface area contributed by atoms with Crippen LogP contribution in [0.2, 0.25) is 0 Å². The molecule has 2 aliphatic rings. The predicted molar refractivity (Wildman–Crippen MR) is 105 cm³/mol. The van der Waals surface area contributed by atoms with Crippen LogP contribution in [0.15, 0.2) is 60.3 Å². The monoisotopic (exact) mass is 362 g/mol.